The molecule has 0 aromatic rings. The summed E-state index contributed by atoms with van der Waals surface area (Å²) in [4.78, 5) is 0. The first-order chi connectivity index (χ1) is 5.47. The van der Waals surface area contributed by atoms with Crippen molar-refractivity contribution in [3.8, 4) is 0 Å². The highest BCUT2D eigenvalue weighted by Crippen LogP contribution is 2.21. The fourth-order valence-electron chi connectivity index (χ4n) is 1.12. The van der Waals surface area contributed by atoms with Crippen molar-refractivity contribution in [3.05, 3.63) is 0 Å². The van der Waals surface area contributed by atoms with Gasteiger partial charge in [-0.1, -0.05) is 6.92 Å². The number of hydrogen-bond acceptors (Lipinski definition) is 3. The van der Waals surface area contributed by atoms with Gasteiger partial charge < -0.3 is 4.74 Å². The van der Waals surface area contributed by atoms with E-state index in [1.807, 2.05) is 6.92 Å². The maximum absolute atomic E-state index is 10.4. The van der Waals surface area contributed by atoms with E-state index in [9.17, 15) is 8.42 Å². The molecule has 1 aliphatic rings. The molecule has 0 bridgehead atoms. The van der Waals surface area contributed by atoms with Gasteiger partial charge in [0.2, 0.25) is 0 Å². The van der Waals surface area contributed by atoms with Crippen molar-refractivity contribution in [2.24, 2.45) is 5.92 Å². The molecule has 0 spiro atoms. The first kappa shape index (κ1) is 9.95. The van der Waals surface area contributed by atoms with Crippen molar-refractivity contribution in [1.82, 2.24) is 0 Å². The third kappa shape index (κ3) is 4.69. The van der Waals surface area contributed by atoms with Crippen LogP contribution in [-0.2, 0) is 14.9 Å². The molecule has 0 aliphatic carbocycles. The van der Waals surface area contributed by atoms with E-state index in [2.05, 4.69) is 0 Å². The average Bonchev–Trinajstić information content (AvgIpc) is 2.66. The van der Waals surface area contributed by atoms with E-state index in [-0.39, 0.29) is 5.75 Å². The molecule has 1 aliphatic heterocycles. The van der Waals surface area contributed by atoms with Crippen LogP contribution < -0.4 is 0 Å². The monoisotopic (exact) mass is 194 g/mol. The first-order valence-corrected chi connectivity index (χ1v) is 5.65. The summed E-state index contributed by atoms with van der Waals surface area (Å²) >= 11 is 0. The van der Waals surface area contributed by atoms with Gasteiger partial charge in [0, 0.05) is 0 Å². The Labute approximate surface area is 72.7 Å². The molecule has 1 saturated heterocycles. The van der Waals surface area contributed by atoms with E-state index in [1.54, 1.807) is 0 Å². The standard InChI is InChI=1S/C7H14O4S/c1-6(4-7-5-11-7)2-3-12(8,9)10/h6-7H,2-5H2,1H3,(H,8,9,10). The molecule has 5 heteroatoms. The number of ether oxygens (including phenoxy) is 1. The van der Waals surface area contributed by atoms with Crippen LogP contribution in [0.2, 0.25) is 0 Å². The van der Waals surface area contributed by atoms with Crippen LogP contribution in [0.25, 0.3) is 0 Å². The highest BCUT2D eigenvalue weighted by atomic mass is 32.2. The normalized spacial score (nSPS) is 25.3. The van der Waals surface area contributed by atoms with Gasteiger partial charge in [-0.05, 0) is 18.8 Å². The van der Waals surface area contributed by atoms with Gasteiger partial charge in [0.1, 0.15) is 0 Å². The molecule has 2 atom stereocenters. The van der Waals surface area contributed by atoms with Crippen LogP contribution in [0.3, 0.4) is 0 Å². The van der Waals surface area contributed by atoms with Gasteiger partial charge in [-0.3, -0.25) is 4.55 Å². The van der Waals surface area contributed by atoms with E-state index in [0.717, 1.165) is 13.0 Å². The molecule has 0 aromatic carbocycles. The summed E-state index contributed by atoms with van der Waals surface area (Å²) in [6.45, 7) is 2.77. The lowest BCUT2D eigenvalue weighted by atomic mass is 10.0. The second-order valence-electron chi connectivity index (χ2n) is 3.37. The third-order valence-electron chi connectivity index (χ3n) is 1.94. The van der Waals surface area contributed by atoms with E-state index < -0.39 is 10.1 Å². The minimum absolute atomic E-state index is 0.138. The predicted molar refractivity (Wildman–Crippen MR) is 44.6 cm³/mol. The highest BCUT2D eigenvalue weighted by Gasteiger charge is 2.25. The minimum atomic E-state index is -3.78. The molecule has 0 aromatic heterocycles. The van der Waals surface area contributed by atoms with Crippen molar-refractivity contribution in [2.45, 2.75) is 25.9 Å². The lowest BCUT2D eigenvalue weighted by Crippen LogP contribution is -2.09. The molecular formula is C7H14O4S. The molecule has 1 fully saturated rings. The zero-order valence-electron chi connectivity index (χ0n) is 7.06. The molecular weight excluding hydrogens is 180 g/mol. The summed E-state index contributed by atoms with van der Waals surface area (Å²) in [5.74, 6) is 0.167. The van der Waals surface area contributed by atoms with E-state index in [0.29, 0.717) is 18.4 Å². The van der Waals surface area contributed by atoms with E-state index in [4.69, 9.17) is 9.29 Å². The van der Waals surface area contributed by atoms with E-state index in [1.165, 1.54) is 0 Å². The summed E-state index contributed by atoms with van der Waals surface area (Å²) < 4.78 is 34.2. The third-order valence-corrected chi connectivity index (χ3v) is 2.69. The largest absolute Gasteiger partial charge is 0.373 e. The van der Waals surface area contributed by atoms with Crippen LogP contribution in [0.4, 0.5) is 0 Å². The number of epoxide rings is 1. The Morgan fingerprint density at radius 3 is 2.67 bits per heavy atom. The molecule has 0 saturated carbocycles. The summed E-state index contributed by atoms with van der Waals surface area (Å²) in [6.07, 6.45) is 1.75. The van der Waals surface area contributed by atoms with Gasteiger partial charge in [-0.2, -0.15) is 8.42 Å². The van der Waals surface area contributed by atoms with Crippen LogP contribution in [0.5, 0.6) is 0 Å². The quantitative estimate of drug-likeness (QED) is 0.516. The fourth-order valence-corrected chi connectivity index (χ4v) is 1.82. The van der Waals surface area contributed by atoms with Gasteiger partial charge in [0.25, 0.3) is 10.1 Å². The fraction of sp³-hybridized carbons (Fsp3) is 1.00. The lowest BCUT2D eigenvalue weighted by molar-refractivity contribution is 0.356. The molecule has 0 radical (unpaired) electrons. The molecule has 1 N–H and O–H groups in total. The SMILES string of the molecule is CC(CCS(=O)(=O)O)CC1CO1. The van der Waals surface area contributed by atoms with E-state index >= 15 is 0 Å². The van der Waals surface area contributed by atoms with Crippen molar-refractivity contribution >= 4 is 10.1 Å². The first-order valence-electron chi connectivity index (χ1n) is 4.04. The predicted octanol–water partition coefficient (Wildman–Crippen LogP) is 0.689. The number of hydrogen-bond donors (Lipinski definition) is 1. The Kier molecular flexibility index (Phi) is 3.09. The zero-order valence-corrected chi connectivity index (χ0v) is 7.88. The van der Waals surface area contributed by atoms with Gasteiger partial charge in [-0.25, -0.2) is 0 Å². The summed E-state index contributed by atoms with van der Waals surface area (Å²) in [5, 5.41) is 0. The minimum Gasteiger partial charge on any atom is -0.373 e. The van der Waals surface area contributed by atoms with Gasteiger partial charge in [0.05, 0.1) is 18.5 Å². The van der Waals surface area contributed by atoms with Crippen LogP contribution in [-0.4, -0.2) is 31.4 Å². The van der Waals surface area contributed by atoms with Crippen molar-refractivity contribution in [2.75, 3.05) is 12.4 Å². The molecule has 1 rings (SSSR count). The molecule has 4 nitrogen and oxygen atoms in total. The Balaban J connectivity index is 2.12. The van der Waals surface area contributed by atoms with Crippen LogP contribution in [0, 0.1) is 5.92 Å². The highest BCUT2D eigenvalue weighted by molar-refractivity contribution is 7.85. The van der Waals surface area contributed by atoms with Crippen LogP contribution in [0.1, 0.15) is 19.8 Å². The molecule has 1 heterocycles. The van der Waals surface area contributed by atoms with Crippen molar-refractivity contribution in [1.29, 1.82) is 0 Å². The molecule has 12 heavy (non-hydrogen) atoms. The Morgan fingerprint density at radius 2 is 2.25 bits per heavy atom. The van der Waals surface area contributed by atoms with Gasteiger partial charge >= 0.3 is 0 Å². The van der Waals surface area contributed by atoms with Crippen molar-refractivity contribution < 1.29 is 17.7 Å². The smallest absolute Gasteiger partial charge is 0.264 e. The van der Waals surface area contributed by atoms with Crippen LogP contribution >= 0.6 is 0 Å². The molecule has 2 unspecified atom stereocenters. The maximum atomic E-state index is 10.4. The summed E-state index contributed by atoms with van der Waals surface area (Å²) in [5.41, 5.74) is 0. The second-order valence-corrected chi connectivity index (χ2v) is 4.94. The summed E-state index contributed by atoms with van der Waals surface area (Å²) in [7, 11) is -3.78. The second kappa shape index (κ2) is 3.72. The summed E-state index contributed by atoms with van der Waals surface area (Å²) in [6, 6.07) is 0. The van der Waals surface area contributed by atoms with Gasteiger partial charge in [-0.15, -0.1) is 0 Å². The lowest BCUT2D eigenvalue weighted by Gasteiger charge is -2.06. The van der Waals surface area contributed by atoms with Crippen LogP contribution in [0.15, 0.2) is 0 Å². The molecule has 72 valence electrons. The van der Waals surface area contributed by atoms with Gasteiger partial charge in [0.15, 0.2) is 0 Å². The molecule has 0 amide bonds. The number of rotatable bonds is 5. The topological polar surface area (TPSA) is 66.9 Å². The Morgan fingerprint density at radius 1 is 1.67 bits per heavy atom. The Hall–Kier alpha value is -0.130. The van der Waals surface area contributed by atoms with Crippen molar-refractivity contribution in [3.63, 3.8) is 0 Å². The average molecular weight is 194 g/mol. The maximum Gasteiger partial charge on any atom is 0.264 e. The zero-order chi connectivity index (χ0) is 9.19. The Bertz CT molecular complexity index is 230.